The molecule has 2 saturated heterocycles. The van der Waals surface area contributed by atoms with E-state index in [9.17, 15) is 14.4 Å². The molecule has 2 aliphatic heterocycles. The topological polar surface area (TPSA) is 75.7 Å². The molecule has 2 aliphatic rings. The van der Waals surface area contributed by atoms with E-state index in [0.717, 1.165) is 16.7 Å². The number of amides is 2. The van der Waals surface area contributed by atoms with Crippen LogP contribution in [-0.4, -0.2) is 29.9 Å². The Hall–Kier alpha value is -2.99. The number of hydrogen-bond acceptors (Lipinski definition) is 5. The standard InChI is InChI=1S/C24H26N2O4/c1-5-30-23(29)24(4)19-18(20(25-24)17-9-7-6-8-15(17)3)21(27)26(22(19)28)16-12-10-14(2)11-13-16/h6-13,18-20,25H,5H2,1-4H3/t18-,19-,20-,24-/m1/s1. The summed E-state index contributed by atoms with van der Waals surface area (Å²) in [6.07, 6.45) is 0. The summed E-state index contributed by atoms with van der Waals surface area (Å²) < 4.78 is 5.31. The number of carbonyl (C=O) groups is 3. The lowest BCUT2D eigenvalue weighted by Crippen LogP contribution is -2.54. The second kappa shape index (κ2) is 7.36. The molecule has 0 unspecified atom stereocenters. The Morgan fingerprint density at radius 1 is 1.07 bits per heavy atom. The van der Waals surface area contributed by atoms with Gasteiger partial charge in [0.05, 0.1) is 24.1 Å². The molecule has 6 nitrogen and oxygen atoms in total. The summed E-state index contributed by atoms with van der Waals surface area (Å²) in [6.45, 7) is 7.51. The fraction of sp³-hybridized carbons (Fsp3) is 0.375. The zero-order chi connectivity index (χ0) is 21.6. The molecule has 30 heavy (non-hydrogen) atoms. The highest BCUT2D eigenvalue weighted by Gasteiger charge is 2.67. The monoisotopic (exact) mass is 406 g/mol. The van der Waals surface area contributed by atoms with E-state index in [4.69, 9.17) is 4.74 Å². The Labute approximate surface area is 176 Å². The highest BCUT2D eigenvalue weighted by Crippen LogP contribution is 2.50. The van der Waals surface area contributed by atoms with Gasteiger partial charge in [-0.2, -0.15) is 0 Å². The zero-order valence-corrected chi connectivity index (χ0v) is 17.6. The molecular formula is C24H26N2O4. The van der Waals surface area contributed by atoms with Crippen LogP contribution in [-0.2, 0) is 19.1 Å². The summed E-state index contributed by atoms with van der Waals surface area (Å²) in [6, 6.07) is 14.5. The number of aryl methyl sites for hydroxylation is 2. The number of nitrogens with one attached hydrogen (secondary N) is 1. The van der Waals surface area contributed by atoms with Crippen molar-refractivity contribution in [1.82, 2.24) is 5.32 Å². The van der Waals surface area contributed by atoms with Crippen molar-refractivity contribution in [3.8, 4) is 0 Å². The van der Waals surface area contributed by atoms with Gasteiger partial charge in [-0.25, -0.2) is 4.90 Å². The highest BCUT2D eigenvalue weighted by atomic mass is 16.5. The van der Waals surface area contributed by atoms with Crippen LogP contribution in [0.25, 0.3) is 0 Å². The first-order valence-electron chi connectivity index (χ1n) is 10.2. The van der Waals surface area contributed by atoms with E-state index in [0.29, 0.717) is 5.69 Å². The molecule has 0 spiro atoms. The van der Waals surface area contributed by atoms with Crippen LogP contribution >= 0.6 is 0 Å². The molecule has 2 aromatic rings. The molecule has 156 valence electrons. The molecule has 1 N–H and O–H groups in total. The first kappa shape index (κ1) is 20.3. The molecule has 2 heterocycles. The first-order valence-corrected chi connectivity index (χ1v) is 10.2. The van der Waals surface area contributed by atoms with Crippen LogP contribution in [0.1, 0.15) is 36.6 Å². The van der Waals surface area contributed by atoms with Crippen molar-refractivity contribution in [2.24, 2.45) is 11.8 Å². The van der Waals surface area contributed by atoms with Crippen molar-refractivity contribution in [1.29, 1.82) is 0 Å². The third-order valence-electron chi connectivity index (χ3n) is 6.30. The molecule has 0 saturated carbocycles. The van der Waals surface area contributed by atoms with Gasteiger partial charge in [0, 0.05) is 6.04 Å². The van der Waals surface area contributed by atoms with Gasteiger partial charge in [0.15, 0.2) is 0 Å². The van der Waals surface area contributed by atoms with E-state index in [1.165, 1.54) is 4.90 Å². The fourth-order valence-electron chi connectivity index (χ4n) is 4.76. The normalized spacial score (nSPS) is 28.0. The number of anilines is 1. The van der Waals surface area contributed by atoms with Gasteiger partial charge in [-0.05, 0) is 51.0 Å². The van der Waals surface area contributed by atoms with Gasteiger partial charge in [-0.15, -0.1) is 0 Å². The number of imide groups is 1. The Bertz CT molecular complexity index is 1020. The molecule has 2 aromatic carbocycles. The number of nitrogens with zero attached hydrogens (tertiary/aromatic N) is 1. The largest absolute Gasteiger partial charge is 0.465 e. The molecule has 4 atom stereocenters. The smallest absolute Gasteiger partial charge is 0.326 e. The summed E-state index contributed by atoms with van der Waals surface area (Å²) in [5, 5.41) is 3.31. The summed E-state index contributed by atoms with van der Waals surface area (Å²) in [4.78, 5) is 41.3. The SMILES string of the molecule is CCOC(=O)[C@]1(C)N[C@H](c2ccccc2C)[C@@H]2C(=O)N(c3ccc(C)cc3)C(=O)[C@@H]21. The molecular weight excluding hydrogens is 380 g/mol. The van der Waals surface area contributed by atoms with Gasteiger partial charge in [0.25, 0.3) is 0 Å². The van der Waals surface area contributed by atoms with Gasteiger partial charge >= 0.3 is 5.97 Å². The van der Waals surface area contributed by atoms with Gasteiger partial charge in [0.2, 0.25) is 11.8 Å². The van der Waals surface area contributed by atoms with Crippen LogP contribution < -0.4 is 10.2 Å². The van der Waals surface area contributed by atoms with Gasteiger partial charge in [-0.1, -0.05) is 42.0 Å². The van der Waals surface area contributed by atoms with Gasteiger partial charge < -0.3 is 4.74 Å². The molecule has 0 aliphatic carbocycles. The second-order valence-electron chi connectivity index (χ2n) is 8.25. The minimum absolute atomic E-state index is 0.201. The number of ether oxygens (including phenoxy) is 1. The van der Waals surface area contributed by atoms with E-state index in [1.807, 2.05) is 50.2 Å². The van der Waals surface area contributed by atoms with Gasteiger partial charge in [0.1, 0.15) is 5.54 Å². The Kier molecular flexibility index (Phi) is 4.98. The maximum atomic E-state index is 13.6. The van der Waals surface area contributed by atoms with E-state index in [1.54, 1.807) is 26.0 Å². The van der Waals surface area contributed by atoms with Crippen LogP contribution in [0.4, 0.5) is 5.69 Å². The maximum Gasteiger partial charge on any atom is 0.326 e. The Morgan fingerprint density at radius 2 is 1.73 bits per heavy atom. The summed E-state index contributed by atoms with van der Waals surface area (Å²) >= 11 is 0. The number of fused-ring (bicyclic) bond motifs is 1. The molecule has 2 amide bonds. The van der Waals surface area contributed by atoms with Crippen LogP contribution in [0.3, 0.4) is 0 Å². The average molecular weight is 406 g/mol. The summed E-state index contributed by atoms with van der Waals surface area (Å²) in [7, 11) is 0. The number of carbonyl (C=O) groups excluding carboxylic acids is 3. The lowest BCUT2D eigenvalue weighted by molar-refractivity contribution is -0.153. The third-order valence-corrected chi connectivity index (χ3v) is 6.30. The predicted molar refractivity (Wildman–Crippen MR) is 113 cm³/mol. The quantitative estimate of drug-likeness (QED) is 0.624. The van der Waals surface area contributed by atoms with E-state index >= 15 is 0 Å². The summed E-state index contributed by atoms with van der Waals surface area (Å²) in [5.41, 5.74) is 2.18. The molecule has 6 heteroatoms. The number of rotatable bonds is 4. The Balaban J connectivity index is 1.83. The average Bonchev–Trinajstić information content (AvgIpc) is 3.17. The molecule has 0 bridgehead atoms. The minimum Gasteiger partial charge on any atom is -0.465 e. The van der Waals surface area contributed by atoms with Crippen LogP contribution in [0, 0.1) is 25.7 Å². The molecule has 0 aromatic heterocycles. The summed E-state index contributed by atoms with van der Waals surface area (Å²) in [5.74, 6) is -2.69. The fourth-order valence-corrected chi connectivity index (χ4v) is 4.76. The first-order chi connectivity index (χ1) is 14.3. The molecule has 2 fully saturated rings. The molecule has 4 rings (SSSR count). The lowest BCUT2D eigenvalue weighted by atomic mass is 9.80. The number of esters is 1. The number of benzene rings is 2. The van der Waals surface area contributed by atoms with E-state index < -0.39 is 29.4 Å². The minimum atomic E-state index is -1.29. The highest BCUT2D eigenvalue weighted by molar-refractivity contribution is 6.24. The van der Waals surface area contributed by atoms with E-state index in [2.05, 4.69) is 5.32 Å². The van der Waals surface area contributed by atoms with Crippen LogP contribution in [0.15, 0.2) is 48.5 Å². The zero-order valence-electron chi connectivity index (χ0n) is 17.6. The van der Waals surface area contributed by atoms with E-state index in [-0.39, 0.29) is 18.4 Å². The van der Waals surface area contributed by atoms with Crippen molar-refractivity contribution >= 4 is 23.5 Å². The van der Waals surface area contributed by atoms with Crippen molar-refractivity contribution in [2.45, 2.75) is 39.3 Å². The third kappa shape index (κ3) is 2.94. The van der Waals surface area contributed by atoms with Crippen LogP contribution in [0.2, 0.25) is 0 Å². The van der Waals surface area contributed by atoms with Crippen LogP contribution in [0.5, 0.6) is 0 Å². The Morgan fingerprint density at radius 3 is 2.37 bits per heavy atom. The van der Waals surface area contributed by atoms with Crippen molar-refractivity contribution in [3.05, 3.63) is 65.2 Å². The van der Waals surface area contributed by atoms with Crippen molar-refractivity contribution in [2.75, 3.05) is 11.5 Å². The van der Waals surface area contributed by atoms with Crippen molar-refractivity contribution in [3.63, 3.8) is 0 Å². The maximum absolute atomic E-state index is 13.6. The lowest BCUT2D eigenvalue weighted by Gasteiger charge is -2.29. The van der Waals surface area contributed by atoms with Crippen molar-refractivity contribution < 1.29 is 19.1 Å². The van der Waals surface area contributed by atoms with Gasteiger partial charge in [-0.3, -0.25) is 19.7 Å². The molecule has 0 radical (unpaired) electrons. The second-order valence-corrected chi connectivity index (χ2v) is 8.25. The number of hydrogen-bond donors (Lipinski definition) is 1. The predicted octanol–water partition coefficient (Wildman–Crippen LogP) is 3.08.